The van der Waals surface area contributed by atoms with E-state index in [0.29, 0.717) is 17.8 Å². The molecule has 6 rings (SSSR count). The fraction of sp³-hybridized carbons (Fsp3) is 0.107. The molecule has 37 heavy (non-hydrogen) atoms. The molecular formula is C28H22FN7O. The number of halogens is 1. The van der Waals surface area contributed by atoms with Crippen molar-refractivity contribution in [1.82, 2.24) is 30.1 Å². The van der Waals surface area contributed by atoms with E-state index in [-0.39, 0.29) is 11.7 Å². The Morgan fingerprint density at radius 1 is 0.919 bits per heavy atom. The Morgan fingerprint density at radius 3 is 2.62 bits per heavy atom. The van der Waals surface area contributed by atoms with E-state index in [9.17, 15) is 9.18 Å². The number of aryl methyl sites for hydroxylation is 1. The predicted octanol–water partition coefficient (Wildman–Crippen LogP) is 6.03. The van der Waals surface area contributed by atoms with Crippen LogP contribution in [0.15, 0.2) is 67.4 Å². The Labute approximate surface area is 211 Å². The van der Waals surface area contributed by atoms with Crippen LogP contribution in [0.3, 0.4) is 0 Å². The molecule has 3 N–H and O–H groups in total. The van der Waals surface area contributed by atoms with Gasteiger partial charge in [0.1, 0.15) is 11.5 Å². The van der Waals surface area contributed by atoms with Crippen LogP contribution in [0.5, 0.6) is 0 Å². The molecule has 0 radical (unpaired) electrons. The Bertz CT molecular complexity index is 1780. The van der Waals surface area contributed by atoms with Gasteiger partial charge in [-0.3, -0.25) is 24.8 Å². The molecule has 0 unspecified atom stereocenters. The number of pyridine rings is 3. The van der Waals surface area contributed by atoms with Crippen molar-refractivity contribution in [3.05, 3.63) is 78.8 Å². The number of benzene rings is 1. The van der Waals surface area contributed by atoms with Crippen molar-refractivity contribution in [2.45, 2.75) is 20.3 Å². The van der Waals surface area contributed by atoms with Gasteiger partial charge in [-0.15, -0.1) is 0 Å². The van der Waals surface area contributed by atoms with Gasteiger partial charge < -0.3 is 10.3 Å². The lowest BCUT2D eigenvalue weighted by molar-refractivity contribution is -0.115. The third-order valence-corrected chi connectivity index (χ3v) is 6.24. The number of carbonyl (C=O) groups is 1. The van der Waals surface area contributed by atoms with Gasteiger partial charge in [0.25, 0.3) is 0 Å². The van der Waals surface area contributed by atoms with Gasteiger partial charge in [0.05, 0.1) is 46.7 Å². The molecule has 0 aliphatic rings. The van der Waals surface area contributed by atoms with Crippen molar-refractivity contribution in [2.24, 2.45) is 0 Å². The predicted molar refractivity (Wildman–Crippen MR) is 141 cm³/mol. The largest absolute Gasteiger partial charge is 0.352 e. The van der Waals surface area contributed by atoms with Crippen LogP contribution < -0.4 is 5.32 Å². The van der Waals surface area contributed by atoms with E-state index in [1.54, 1.807) is 37.9 Å². The summed E-state index contributed by atoms with van der Waals surface area (Å²) < 4.78 is 14.1. The highest BCUT2D eigenvalue weighted by Gasteiger charge is 2.16. The van der Waals surface area contributed by atoms with Gasteiger partial charge in [-0.2, -0.15) is 5.10 Å². The van der Waals surface area contributed by atoms with Crippen molar-refractivity contribution in [3.8, 4) is 33.8 Å². The van der Waals surface area contributed by atoms with Gasteiger partial charge in [0.2, 0.25) is 5.91 Å². The second kappa shape index (κ2) is 8.94. The van der Waals surface area contributed by atoms with Crippen molar-refractivity contribution in [1.29, 1.82) is 0 Å². The molecule has 1 aromatic carbocycles. The molecule has 6 aromatic rings. The van der Waals surface area contributed by atoms with E-state index >= 15 is 0 Å². The molecule has 0 aliphatic carbocycles. The number of carbonyl (C=O) groups excluding carboxylic acids is 1. The Morgan fingerprint density at radius 2 is 1.78 bits per heavy atom. The Kier molecular flexibility index (Phi) is 5.45. The third-order valence-electron chi connectivity index (χ3n) is 6.24. The molecule has 0 fully saturated rings. The molecule has 0 atom stereocenters. The minimum absolute atomic E-state index is 0.0828. The molecule has 182 valence electrons. The SMILES string of the molecule is CCC(=O)Nc1cncc(-c2cc3c(-c4cc5c(-c6cc(C)cc(F)c6)cncc5[nH]4)n[nH]c3cn2)c1. The van der Waals surface area contributed by atoms with Gasteiger partial charge in [0.15, 0.2) is 0 Å². The molecule has 5 aromatic heterocycles. The van der Waals surface area contributed by atoms with Crippen LogP contribution in [0, 0.1) is 12.7 Å². The quantitative estimate of drug-likeness (QED) is 0.273. The molecule has 8 nitrogen and oxygen atoms in total. The number of anilines is 1. The lowest BCUT2D eigenvalue weighted by atomic mass is 10.0. The van der Waals surface area contributed by atoms with Crippen molar-refractivity contribution >= 4 is 33.4 Å². The molecular weight excluding hydrogens is 469 g/mol. The normalized spacial score (nSPS) is 11.3. The topological polar surface area (TPSA) is 112 Å². The fourth-order valence-electron chi connectivity index (χ4n) is 4.48. The Hall–Kier alpha value is -4.92. The third kappa shape index (κ3) is 4.20. The molecule has 0 saturated carbocycles. The first-order chi connectivity index (χ1) is 18.0. The minimum atomic E-state index is -0.283. The lowest BCUT2D eigenvalue weighted by Crippen LogP contribution is -2.09. The Balaban J connectivity index is 1.43. The maximum absolute atomic E-state index is 14.1. The number of nitrogens with zero attached hydrogens (tertiary/aromatic N) is 4. The first kappa shape index (κ1) is 22.5. The van der Waals surface area contributed by atoms with Gasteiger partial charge in [0, 0.05) is 40.7 Å². The van der Waals surface area contributed by atoms with Crippen LogP contribution in [0.1, 0.15) is 18.9 Å². The highest BCUT2D eigenvalue weighted by atomic mass is 19.1. The number of rotatable bonds is 5. The monoisotopic (exact) mass is 491 g/mol. The number of fused-ring (bicyclic) bond motifs is 2. The molecule has 5 heterocycles. The van der Waals surface area contributed by atoms with Gasteiger partial charge >= 0.3 is 0 Å². The average Bonchev–Trinajstić information content (AvgIpc) is 3.51. The first-order valence-electron chi connectivity index (χ1n) is 11.8. The van der Waals surface area contributed by atoms with Gasteiger partial charge in [-0.05, 0) is 48.4 Å². The van der Waals surface area contributed by atoms with Crippen LogP contribution in [-0.2, 0) is 4.79 Å². The number of aromatic nitrogens is 6. The summed E-state index contributed by atoms with van der Waals surface area (Å²) in [6.07, 6.45) is 8.91. The summed E-state index contributed by atoms with van der Waals surface area (Å²) in [4.78, 5) is 28.4. The number of nitrogens with one attached hydrogen (secondary N) is 3. The van der Waals surface area contributed by atoms with Gasteiger partial charge in [-0.25, -0.2) is 4.39 Å². The van der Waals surface area contributed by atoms with Crippen molar-refractivity contribution in [2.75, 3.05) is 5.32 Å². The van der Waals surface area contributed by atoms with Crippen LogP contribution in [-0.4, -0.2) is 36.0 Å². The standard InChI is InChI=1S/C28H22FN7O/c1-3-27(37)33-19-7-17(10-30-11-19)23-9-21-26(14-32-23)35-36-28(21)24-8-20-22(12-31-13-25(20)34-24)16-4-15(2)5-18(29)6-16/h4-14,34H,3H2,1-2H3,(H,33,37)(H,35,36). The summed E-state index contributed by atoms with van der Waals surface area (Å²) in [7, 11) is 0. The number of H-pyrrole nitrogens is 2. The number of amides is 1. The number of hydrogen-bond acceptors (Lipinski definition) is 5. The first-order valence-corrected chi connectivity index (χ1v) is 11.8. The summed E-state index contributed by atoms with van der Waals surface area (Å²) in [5, 5.41) is 12.2. The zero-order chi connectivity index (χ0) is 25.5. The molecule has 9 heteroatoms. The lowest BCUT2D eigenvalue weighted by Gasteiger charge is -2.06. The zero-order valence-corrected chi connectivity index (χ0v) is 20.1. The molecule has 1 amide bonds. The molecule has 0 aliphatic heterocycles. The van der Waals surface area contributed by atoms with Crippen LogP contribution in [0.2, 0.25) is 0 Å². The van der Waals surface area contributed by atoms with Crippen molar-refractivity contribution < 1.29 is 9.18 Å². The molecule has 0 spiro atoms. The molecule has 0 saturated heterocycles. The van der Waals surface area contributed by atoms with Gasteiger partial charge in [-0.1, -0.05) is 13.0 Å². The summed E-state index contributed by atoms with van der Waals surface area (Å²) in [5.41, 5.74) is 7.64. The van der Waals surface area contributed by atoms with Crippen LogP contribution >= 0.6 is 0 Å². The van der Waals surface area contributed by atoms with Crippen LogP contribution in [0.25, 0.3) is 55.6 Å². The van der Waals surface area contributed by atoms with E-state index in [0.717, 1.165) is 55.4 Å². The highest BCUT2D eigenvalue weighted by Crippen LogP contribution is 2.35. The van der Waals surface area contributed by atoms with Crippen LogP contribution in [0.4, 0.5) is 10.1 Å². The van der Waals surface area contributed by atoms with E-state index in [4.69, 9.17) is 0 Å². The molecule has 0 bridgehead atoms. The summed E-state index contributed by atoms with van der Waals surface area (Å²) >= 11 is 0. The maximum atomic E-state index is 14.1. The zero-order valence-electron chi connectivity index (χ0n) is 20.1. The van der Waals surface area contributed by atoms with E-state index in [1.807, 2.05) is 31.2 Å². The fourth-order valence-corrected chi connectivity index (χ4v) is 4.48. The average molecular weight is 492 g/mol. The van der Waals surface area contributed by atoms with E-state index in [2.05, 4.69) is 35.5 Å². The van der Waals surface area contributed by atoms with E-state index < -0.39 is 0 Å². The number of hydrogen-bond donors (Lipinski definition) is 3. The highest BCUT2D eigenvalue weighted by molar-refractivity contribution is 6.01. The van der Waals surface area contributed by atoms with Crippen molar-refractivity contribution in [3.63, 3.8) is 0 Å². The minimum Gasteiger partial charge on any atom is -0.352 e. The summed E-state index contributed by atoms with van der Waals surface area (Å²) in [5.74, 6) is -0.366. The summed E-state index contributed by atoms with van der Waals surface area (Å²) in [6.45, 7) is 3.66. The maximum Gasteiger partial charge on any atom is 0.224 e. The second-order valence-electron chi connectivity index (χ2n) is 8.90. The summed E-state index contributed by atoms with van der Waals surface area (Å²) in [6, 6.07) is 10.8. The second-order valence-corrected chi connectivity index (χ2v) is 8.90. The number of aromatic amines is 2. The smallest absolute Gasteiger partial charge is 0.224 e. The van der Waals surface area contributed by atoms with E-state index in [1.165, 1.54) is 12.1 Å².